The van der Waals surface area contributed by atoms with Gasteiger partial charge in [0.05, 0.1) is 6.33 Å². The Kier molecular flexibility index (Phi) is 4.88. The van der Waals surface area contributed by atoms with E-state index >= 15 is 0 Å². The third-order valence-corrected chi connectivity index (χ3v) is 4.58. The highest BCUT2D eigenvalue weighted by Gasteiger charge is 2.26. The van der Waals surface area contributed by atoms with E-state index in [1.54, 1.807) is 36.9 Å². The van der Waals surface area contributed by atoms with Crippen molar-refractivity contribution in [2.75, 3.05) is 13.1 Å². The molecule has 3 aromatic rings. The van der Waals surface area contributed by atoms with Crippen LogP contribution in [0, 0.1) is 5.82 Å². The SMILES string of the molecule is Fc1ccccc1Oc1nccnc1C1CCCN(Cc2cnc[nH]2)C1. The molecule has 1 aliphatic rings. The molecular weight excluding hydrogens is 333 g/mol. The minimum Gasteiger partial charge on any atom is -0.434 e. The van der Waals surface area contributed by atoms with Crippen LogP contribution < -0.4 is 4.74 Å². The van der Waals surface area contributed by atoms with Crippen LogP contribution in [0.5, 0.6) is 11.6 Å². The van der Waals surface area contributed by atoms with E-state index < -0.39 is 5.82 Å². The molecule has 3 heterocycles. The molecule has 0 aliphatic carbocycles. The van der Waals surface area contributed by atoms with Gasteiger partial charge in [0.25, 0.3) is 0 Å². The molecule has 1 aliphatic heterocycles. The van der Waals surface area contributed by atoms with Crippen LogP contribution in [-0.4, -0.2) is 37.9 Å². The van der Waals surface area contributed by atoms with Gasteiger partial charge in [-0.3, -0.25) is 9.88 Å². The van der Waals surface area contributed by atoms with Crippen molar-refractivity contribution in [2.45, 2.75) is 25.3 Å². The van der Waals surface area contributed by atoms with Gasteiger partial charge in [0.2, 0.25) is 5.88 Å². The molecule has 0 saturated carbocycles. The second-order valence-corrected chi connectivity index (χ2v) is 6.43. The van der Waals surface area contributed by atoms with E-state index in [-0.39, 0.29) is 11.7 Å². The quantitative estimate of drug-likeness (QED) is 0.760. The molecule has 7 heteroatoms. The van der Waals surface area contributed by atoms with Crippen molar-refractivity contribution in [3.8, 4) is 11.6 Å². The Balaban J connectivity index is 1.53. The molecule has 0 radical (unpaired) electrons. The van der Waals surface area contributed by atoms with Crippen LogP contribution in [0.25, 0.3) is 0 Å². The second kappa shape index (κ2) is 7.61. The zero-order chi connectivity index (χ0) is 17.8. The summed E-state index contributed by atoms with van der Waals surface area (Å²) in [6, 6.07) is 6.34. The number of imidazole rings is 1. The van der Waals surface area contributed by atoms with Crippen molar-refractivity contribution in [1.82, 2.24) is 24.8 Å². The predicted octanol–water partition coefficient (Wildman–Crippen LogP) is 3.51. The number of nitrogens with one attached hydrogen (secondary N) is 1. The van der Waals surface area contributed by atoms with Crippen LogP contribution in [0.2, 0.25) is 0 Å². The number of piperidine rings is 1. The number of aromatic amines is 1. The Morgan fingerprint density at radius 1 is 1.23 bits per heavy atom. The first-order valence-electron chi connectivity index (χ1n) is 8.72. The first kappa shape index (κ1) is 16.7. The molecule has 134 valence electrons. The Morgan fingerprint density at radius 3 is 2.96 bits per heavy atom. The number of rotatable bonds is 5. The lowest BCUT2D eigenvalue weighted by molar-refractivity contribution is 0.194. The molecule has 1 unspecified atom stereocenters. The highest BCUT2D eigenvalue weighted by Crippen LogP contribution is 2.33. The topological polar surface area (TPSA) is 66.9 Å². The van der Waals surface area contributed by atoms with E-state index in [0.717, 1.165) is 43.9 Å². The minimum absolute atomic E-state index is 0.166. The molecule has 1 atom stereocenters. The molecule has 0 amide bonds. The predicted molar refractivity (Wildman–Crippen MR) is 94.3 cm³/mol. The van der Waals surface area contributed by atoms with Gasteiger partial charge in [-0.2, -0.15) is 0 Å². The van der Waals surface area contributed by atoms with Crippen molar-refractivity contribution < 1.29 is 9.13 Å². The van der Waals surface area contributed by atoms with E-state index in [1.807, 2.05) is 6.20 Å². The van der Waals surface area contributed by atoms with E-state index in [9.17, 15) is 4.39 Å². The standard InChI is InChI=1S/C19H20FN5O/c20-16-5-1-2-6-17(16)26-19-18(22-7-8-23-19)14-4-3-9-25(11-14)12-15-10-21-13-24-15/h1-2,5-8,10,13-14H,3-4,9,11-12H2,(H,21,24). The largest absolute Gasteiger partial charge is 0.434 e. The monoisotopic (exact) mass is 353 g/mol. The van der Waals surface area contributed by atoms with Crippen LogP contribution in [0.15, 0.2) is 49.2 Å². The number of aromatic nitrogens is 4. The zero-order valence-corrected chi connectivity index (χ0v) is 14.3. The molecule has 1 aromatic carbocycles. The van der Waals surface area contributed by atoms with Crippen molar-refractivity contribution in [3.05, 3.63) is 66.4 Å². The summed E-state index contributed by atoms with van der Waals surface area (Å²) in [7, 11) is 0. The molecule has 0 spiro atoms. The lowest BCUT2D eigenvalue weighted by Gasteiger charge is -2.32. The summed E-state index contributed by atoms with van der Waals surface area (Å²) >= 11 is 0. The van der Waals surface area contributed by atoms with Crippen molar-refractivity contribution in [1.29, 1.82) is 0 Å². The summed E-state index contributed by atoms with van der Waals surface area (Å²) in [5.41, 5.74) is 1.87. The van der Waals surface area contributed by atoms with Crippen LogP contribution in [0.4, 0.5) is 4.39 Å². The van der Waals surface area contributed by atoms with Gasteiger partial charge < -0.3 is 9.72 Å². The molecule has 1 saturated heterocycles. The average Bonchev–Trinajstić information content (AvgIpc) is 3.17. The summed E-state index contributed by atoms with van der Waals surface area (Å²) in [4.78, 5) is 18.4. The first-order valence-corrected chi connectivity index (χ1v) is 8.72. The van der Waals surface area contributed by atoms with E-state index in [4.69, 9.17) is 4.74 Å². The van der Waals surface area contributed by atoms with Crippen LogP contribution in [0.1, 0.15) is 30.1 Å². The molecule has 1 N–H and O–H groups in total. The molecule has 1 fully saturated rings. The molecular formula is C19H20FN5O. The Hall–Kier alpha value is -2.80. The summed E-state index contributed by atoms with van der Waals surface area (Å²) in [5.74, 6) is 0.334. The van der Waals surface area contributed by atoms with Crippen LogP contribution in [0.3, 0.4) is 0 Å². The molecule has 26 heavy (non-hydrogen) atoms. The van der Waals surface area contributed by atoms with Crippen molar-refractivity contribution in [3.63, 3.8) is 0 Å². The number of hydrogen-bond acceptors (Lipinski definition) is 5. The Labute approximate surface area is 151 Å². The van der Waals surface area contributed by atoms with E-state index in [2.05, 4.69) is 24.8 Å². The normalized spacial score (nSPS) is 18.0. The average molecular weight is 353 g/mol. The lowest BCUT2D eigenvalue weighted by atomic mass is 9.94. The number of hydrogen-bond donors (Lipinski definition) is 1. The van der Waals surface area contributed by atoms with Crippen molar-refractivity contribution >= 4 is 0 Å². The molecule has 2 aromatic heterocycles. The van der Waals surface area contributed by atoms with Gasteiger partial charge in [0.15, 0.2) is 11.6 Å². The van der Waals surface area contributed by atoms with Gasteiger partial charge in [-0.15, -0.1) is 0 Å². The molecule has 0 bridgehead atoms. The van der Waals surface area contributed by atoms with E-state index in [1.165, 1.54) is 6.07 Å². The maximum absolute atomic E-state index is 13.9. The zero-order valence-electron chi connectivity index (χ0n) is 14.3. The Morgan fingerprint density at radius 2 is 2.12 bits per heavy atom. The van der Waals surface area contributed by atoms with Gasteiger partial charge in [0, 0.05) is 43.3 Å². The number of ether oxygens (including phenoxy) is 1. The molecule has 6 nitrogen and oxygen atoms in total. The highest BCUT2D eigenvalue weighted by molar-refractivity contribution is 5.32. The number of nitrogens with zero attached hydrogens (tertiary/aromatic N) is 4. The summed E-state index contributed by atoms with van der Waals surface area (Å²) in [6.45, 7) is 2.70. The third-order valence-electron chi connectivity index (χ3n) is 4.58. The first-order chi connectivity index (χ1) is 12.8. The Bertz CT molecular complexity index is 855. The maximum atomic E-state index is 13.9. The smallest absolute Gasteiger partial charge is 0.241 e. The maximum Gasteiger partial charge on any atom is 0.241 e. The van der Waals surface area contributed by atoms with E-state index in [0.29, 0.717) is 5.88 Å². The minimum atomic E-state index is -0.409. The third kappa shape index (κ3) is 3.72. The van der Waals surface area contributed by atoms with Crippen molar-refractivity contribution in [2.24, 2.45) is 0 Å². The van der Waals surface area contributed by atoms with Gasteiger partial charge in [-0.25, -0.2) is 14.4 Å². The number of para-hydroxylation sites is 1. The number of likely N-dealkylation sites (tertiary alicyclic amines) is 1. The summed E-state index contributed by atoms with van der Waals surface area (Å²) in [6.07, 6.45) is 8.85. The van der Waals surface area contributed by atoms with Crippen LogP contribution >= 0.6 is 0 Å². The van der Waals surface area contributed by atoms with Gasteiger partial charge >= 0.3 is 0 Å². The number of halogens is 1. The fraction of sp³-hybridized carbons (Fsp3) is 0.316. The number of benzene rings is 1. The van der Waals surface area contributed by atoms with Crippen LogP contribution in [-0.2, 0) is 6.54 Å². The number of H-pyrrole nitrogens is 1. The summed E-state index contributed by atoms with van der Waals surface area (Å²) < 4.78 is 19.7. The van der Waals surface area contributed by atoms with Gasteiger partial charge in [0.1, 0.15) is 5.69 Å². The fourth-order valence-electron chi connectivity index (χ4n) is 3.36. The van der Waals surface area contributed by atoms with Gasteiger partial charge in [-0.1, -0.05) is 12.1 Å². The molecule has 4 rings (SSSR count). The summed E-state index contributed by atoms with van der Waals surface area (Å²) in [5, 5.41) is 0. The lowest BCUT2D eigenvalue weighted by Crippen LogP contribution is -2.34. The second-order valence-electron chi connectivity index (χ2n) is 6.43. The highest BCUT2D eigenvalue weighted by atomic mass is 19.1. The fourth-order valence-corrected chi connectivity index (χ4v) is 3.36. The van der Waals surface area contributed by atoms with Gasteiger partial charge in [-0.05, 0) is 31.5 Å².